The average molecular weight is 227 g/mol. The van der Waals surface area contributed by atoms with Crippen molar-refractivity contribution in [3.63, 3.8) is 0 Å². The van der Waals surface area contributed by atoms with Crippen LogP contribution in [0.15, 0.2) is 36.5 Å². The molecule has 2 aromatic rings. The van der Waals surface area contributed by atoms with Gasteiger partial charge in [0.25, 0.3) is 0 Å². The fraction of sp³-hybridized carbons (Fsp3) is 0.438. The van der Waals surface area contributed by atoms with Crippen LogP contribution in [-0.4, -0.2) is 4.98 Å². The predicted octanol–water partition coefficient (Wildman–Crippen LogP) is 4.60. The summed E-state index contributed by atoms with van der Waals surface area (Å²) in [6.45, 7) is 4.58. The number of rotatable bonds is 5. The smallest absolute Gasteiger partial charge is 0.0702 e. The Hall–Kier alpha value is -1.37. The van der Waals surface area contributed by atoms with Crippen LogP contribution in [0, 0.1) is 5.92 Å². The van der Waals surface area contributed by atoms with E-state index in [0.29, 0.717) is 0 Å². The zero-order valence-electron chi connectivity index (χ0n) is 10.8. The molecule has 0 unspecified atom stereocenters. The van der Waals surface area contributed by atoms with Crippen LogP contribution in [0.4, 0.5) is 0 Å². The van der Waals surface area contributed by atoms with Gasteiger partial charge in [-0.1, -0.05) is 44.9 Å². The number of hydrogen-bond donors (Lipinski definition) is 0. The van der Waals surface area contributed by atoms with E-state index in [1.54, 1.807) is 0 Å². The Balaban J connectivity index is 1.95. The lowest BCUT2D eigenvalue weighted by Crippen LogP contribution is -1.91. The van der Waals surface area contributed by atoms with E-state index in [9.17, 15) is 0 Å². The fourth-order valence-corrected chi connectivity index (χ4v) is 2.14. The summed E-state index contributed by atoms with van der Waals surface area (Å²) in [6, 6.07) is 10.6. The van der Waals surface area contributed by atoms with Crippen molar-refractivity contribution in [3.8, 4) is 0 Å². The summed E-state index contributed by atoms with van der Waals surface area (Å²) < 4.78 is 0. The van der Waals surface area contributed by atoms with E-state index in [4.69, 9.17) is 0 Å². The van der Waals surface area contributed by atoms with Gasteiger partial charge in [0.05, 0.1) is 5.52 Å². The minimum atomic E-state index is 0.824. The summed E-state index contributed by atoms with van der Waals surface area (Å²) in [6.07, 6.45) is 7.12. The molecule has 0 fully saturated rings. The van der Waals surface area contributed by atoms with Crippen molar-refractivity contribution in [1.29, 1.82) is 0 Å². The minimum Gasteiger partial charge on any atom is -0.256 e. The molecule has 0 bridgehead atoms. The Morgan fingerprint density at radius 1 is 1.12 bits per heavy atom. The maximum Gasteiger partial charge on any atom is 0.0702 e. The molecule has 0 saturated carbocycles. The number of benzene rings is 1. The second kappa shape index (κ2) is 5.81. The molecule has 1 aromatic carbocycles. The second-order valence-corrected chi connectivity index (χ2v) is 5.18. The SMILES string of the molecule is CC(C)CCCCc1cnc2ccccc2c1. The third-order valence-corrected chi connectivity index (χ3v) is 3.14. The van der Waals surface area contributed by atoms with E-state index in [-0.39, 0.29) is 0 Å². The maximum absolute atomic E-state index is 4.50. The van der Waals surface area contributed by atoms with Crippen LogP contribution in [0.1, 0.15) is 38.7 Å². The van der Waals surface area contributed by atoms with Crippen molar-refractivity contribution < 1.29 is 0 Å². The number of aromatic nitrogens is 1. The molecule has 17 heavy (non-hydrogen) atoms. The molecule has 0 amide bonds. The fourth-order valence-electron chi connectivity index (χ4n) is 2.14. The van der Waals surface area contributed by atoms with Crippen molar-refractivity contribution >= 4 is 10.9 Å². The van der Waals surface area contributed by atoms with Crippen LogP contribution in [0.3, 0.4) is 0 Å². The highest BCUT2D eigenvalue weighted by atomic mass is 14.6. The molecule has 1 nitrogen and oxygen atoms in total. The van der Waals surface area contributed by atoms with E-state index in [1.165, 1.54) is 30.2 Å². The highest BCUT2D eigenvalue weighted by Gasteiger charge is 1.99. The Morgan fingerprint density at radius 2 is 1.94 bits per heavy atom. The maximum atomic E-state index is 4.50. The van der Waals surface area contributed by atoms with Gasteiger partial charge in [0.1, 0.15) is 0 Å². The Morgan fingerprint density at radius 3 is 2.76 bits per heavy atom. The molecule has 1 aromatic heterocycles. The molecular formula is C16H21N. The molecule has 90 valence electrons. The molecule has 0 atom stereocenters. The monoisotopic (exact) mass is 227 g/mol. The summed E-state index contributed by atoms with van der Waals surface area (Å²) >= 11 is 0. The van der Waals surface area contributed by atoms with Gasteiger partial charge in [-0.2, -0.15) is 0 Å². The van der Waals surface area contributed by atoms with Gasteiger partial charge >= 0.3 is 0 Å². The Bertz CT molecular complexity index is 474. The Kier molecular flexibility index (Phi) is 4.13. The quantitative estimate of drug-likeness (QED) is 0.680. The van der Waals surface area contributed by atoms with Crippen LogP contribution in [0.25, 0.3) is 10.9 Å². The van der Waals surface area contributed by atoms with Gasteiger partial charge < -0.3 is 0 Å². The van der Waals surface area contributed by atoms with Gasteiger partial charge in [-0.25, -0.2) is 0 Å². The largest absolute Gasteiger partial charge is 0.256 e. The van der Waals surface area contributed by atoms with Crippen molar-refractivity contribution in [1.82, 2.24) is 4.98 Å². The number of para-hydroxylation sites is 1. The summed E-state index contributed by atoms with van der Waals surface area (Å²) in [5.74, 6) is 0.824. The normalized spacial score (nSPS) is 11.2. The van der Waals surface area contributed by atoms with Crippen LogP contribution in [0.2, 0.25) is 0 Å². The van der Waals surface area contributed by atoms with E-state index in [2.05, 4.69) is 43.1 Å². The first-order valence-corrected chi connectivity index (χ1v) is 6.59. The third kappa shape index (κ3) is 3.55. The molecule has 0 aliphatic rings. The molecule has 0 N–H and O–H groups in total. The highest BCUT2D eigenvalue weighted by molar-refractivity contribution is 5.78. The van der Waals surface area contributed by atoms with E-state index in [0.717, 1.165) is 17.9 Å². The third-order valence-electron chi connectivity index (χ3n) is 3.14. The minimum absolute atomic E-state index is 0.824. The topological polar surface area (TPSA) is 12.9 Å². The molecule has 1 heteroatoms. The molecule has 0 aliphatic carbocycles. The van der Waals surface area contributed by atoms with Crippen LogP contribution in [-0.2, 0) is 6.42 Å². The second-order valence-electron chi connectivity index (χ2n) is 5.18. The van der Waals surface area contributed by atoms with Crippen molar-refractivity contribution in [2.24, 2.45) is 5.92 Å². The van der Waals surface area contributed by atoms with Gasteiger partial charge in [-0.15, -0.1) is 0 Å². The number of hydrogen-bond acceptors (Lipinski definition) is 1. The van der Waals surface area contributed by atoms with Gasteiger partial charge in [0.15, 0.2) is 0 Å². The summed E-state index contributed by atoms with van der Waals surface area (Å²) in [4.78, 5) is 4.50. The molecule has 0 saturated heterocycles. The van der Waals surface area contributed by atoms with E-state index in [1.807, 2.05) is 12.3 Å². The van der Waals surface area contributed by atoms with Gasteiger partial charge in [0.2, 0.25) is 0 Å². The summed E-state index contributed by atoms with van der Waals surface area (Å²) in [5.41, 5.74) is 2.46. The standard InChI is InChI=1S/C16H21N/c1-13(2)7-3-4-8-14-11-15-9-5-6-10-16(15)17-12-14/h5-6,9-13H,3-4,7-8H2,1-2H3. The van der Waals surface area contributed by atoms with Crippen LogP contribution >= 0.6 is 0 Å². The first-order chi connectivity index (χ1) is 8.25. The lowest BCUT2D eigenvalue weighted by Gasteiger charge is -2.05. The number of aryl methyl sites for hydroxylation is 1. The molecule has 0 aliphatic heterocycles. The van der Waals surface area contributed by atoms with Crippen molar-refractivity contribution in [2.75, 3.05) is 0 Å². The van der Waals surface area contributed by atoms with Crippen LogP contribution in [0.5, 0.6) is 0 Å². The molecule has 2 rings (SSSR count). The van der Waals surface area contributed by atoms with Crippen molar-refractivity contribution in [2.45, 2.75) is 39.5 Å². The first-order valence-electron chi connectivity index (χ1n) is 6.59. The van der Waals surface area contributed by atoms with E-state index < -0.39 is 0 Å². The highest BCUT2D eigenvalue weighted by Crippen LogP contribution is 2.15. The predicted molar refractivity (Wildman–Crippen MR) is 74.1 cm³/mol. The Labute approximate surface area is 104 Å². The van der Waals surface area contributed by atoms with Crippen molar-refractivity contribution in [3.05, 3.63) is 42.1 Å². The number of fused-ring (bicyclic) bond motifs is 1. The number of unbranched alkanes of at least 4 members (excludes halogenated alkanes) is 1. The number of nitrogens with zero attached hydrogens (tertiary/aromatic N) is 1. The number of pyridine rings is 1. The lowest BCUT2D eigenvalue weighted by atomic mass is 10.0. The van der Waals surface area contributed by atoms with E-state index >= 15 is 0 Å². The zero-order chi connectivity index (χ0) is 12.1. The van der Waals surface area contributed by atoms with Gasteiger partial charge in [-0.05, 0) is 36.5 Å². The average Bonchev–Trinajstić information content (AvgIpc) is 2.34. The molecule has 1 heterocycles. The molecule has 0 radical (unpaired) electrons. The molecule has 0 spiro atoms. The zero-order valence-corrected chi connectivity index (χ0v) is 10.8. The van der Waals surface area contributed by atoms with Gasteiger partial charge in [-0.3, -0.25) is 4.98 Å². The summed E-state index contributed by atoms with van der Waals surface area (Å²) in [7, 11) is 0. The summed E-state index contributed by atoms with van der Waals surface area (Å²) in [5, 5.41) is 1.26. The first kappa shape index (κ1) is 12.1. The molecular weight excluding hydrogens is 206 g/mol. The lowest BCUT2D eigenvalue weighted by molar-refractivity contribution is 0.538. The van der Waals surface area contributed by atoms with Crippen LogP contribution < -0.4 is 0 Å². The van der Waals surface area contributed by atoms with Gasteiger partial charge in [0, 0.05) is 11.6 Å².